The van der Waals surface area contributed by atoms with E-state index >= 15 is 0 Å². The van der Waals surface area contributed by atoms with Gasteiger partial charge in [0.05, 0.1) is 11.7 Å². The summed E-state index contributed by atoms with van der Waals surface area (Å²) >= 11 is 7.05. The molecular weight excluding hydrogens is 396 g/mol. The van der Waals surface area contributed by atoms with E-state index in [1.165, 1.54) is 5.69 Å². The Kier molecular flexibility index (Phi) is 5.98. The van der Waals surface area contributed by atoms with Crippen molar-refractivity contribution in [1.29, 1.82) is 0 Å². The summed E-state index contributed by atoms with van der Waals surface area (Å²) in [7, 11) is 0. The van der Waals surface area contributed by atoms with Gasteiger partial charge in [-0.3, -0.25) is 16.0 Å². The van der Waals surface area contributed by atoms with Crippen LogP contribution in [0.1, 0.15) is 36.8 Å². The number of nitrogens with two attached hydrogens (primary N) is 1. The van der Waals surface area contributed by atoms with Crippen LogP contribution in [-0.4, -0.2) is 9.78 Å². The van der Waals surface area contributed by atoms with Crippen LogP contribution in [0.25, 0.3) is 0 Å². The SMILES string of the molecule is CCc1cc(CC(NN)c2cc(Br)cc(Br)c2)n(CC)n1. The summed E-state index contributed by atoms with van der Waals surface area (Å²) in [5.41, 5.74) is 6.38. The van der Waals surface area contributed by atoms with Gasteiger partial charge in [0.1, 0.15) is 0 Å². The minimum absolute atomic E-state index is 0.0468. The fraction of sp³-hybridized carbons (Fsp3) is 0.400. The van der Waals surface area contributed by atoms with E-state index in [-0.39, 0.29) is 6.04 Å². The fourth-order valence-electron chi connectivity index (χ4n) is 2.38. The van der Waals surface area contributed by atoms with Crippen LogP contribution in [0.2, 0.25) is 0 Å². The van der Waals surface area contributed by atoms with Gasteiger partial charge in [-0.05, 0) is 43.2 Å². The Morgan fingerprint density at radius 2 is 1.86 bits per heavy atom. The van der Waals surface area contributed by atoms with Crippen molar-refractivity contribution in [2.24, 2.45) is 5.84 Å². The van der Waals surface area contributed by atoms with Crippen LogP contribution in [0.4, 0.5) is 0 Å². The molecule has 0 aliphatic heterocycles. The lowest BCUT2D eigenvalue weighted by Crippen LogP contribution is -2.30. The minimum atomic E-state index is 0.0468. The molecule has 3 N–H and O–H groups in total. The highest BCUT2D eigenvalue weighted by Gasteiger charge is 2.15. The molecule has 0 saturated carbocycles. The lowest BCUT2D eigenvalue weighted by atomic mass is 10.0. The molecule has 2 rings (SSSR count). The summed E-state index contributed by atoms with van der Waals surface area (Å²) in [6.45, 7) is 5.10. The first-order chi connectivity index (χ1) is 10.1. The molecule has 0 amide bonds. The van der Waals surface area contributed by atoms with Gasteiger partial charge in [0, 0.05) is 27.6 Å². The summed E-state index contributed by atoms with van der Waals surface area (Å²) in [4.78, 5) is 0. The van der Waals surface area contributed by atoms with Gasteiger partial charge in [-0.1, -0.05) is 38.8 Å². The molecule has 0 saturated heterocycles. The molecule has 0 fully saturated rings. The lowest BCUT2D eigenvalue weighted by Gasteiger charge is -2.17. The number of aromatic nitrogens is 2. The highest BCUT2D eigenvalue weighted by atomic mass is 79.9. The van der Waals surface area contributed by atoms with Crippen LogP contribution in [0, 0.1) is 0 Å². The molecule has 1 atom stereocenters. The van der Waals surface area contributed by atoms with Crippen molar-refractivity contribution in [1.82, 2.24) is 15.2 Å². The maximum atomic E-state index is 5.77. The molecular formula is C15H20Br2N4. The Labute approximate surface area is 142 Å². The van der Waals surface area contributed by atoms with E-state index in [9.17, 15) is 0 Å². The molecule has 4 nitrogen and oxygen atoms in total. The third-order valence-electron chi connectivity index (χ3n) is 3.48. The summed E-state index contributed by atoms with van der Waals surface area (Å²) in [6, 6.07) is 8.40. The maximum absolute atomic E-state index is 5.77. The van der Waals surface area contributed by atoms with E-state index in [4.69, 9.17) is 5.84 Å². The fourth-order valence-corrected chi connectivity index (χ4v) is 3.71. The highest BCUT2D eigenvalue weighted by molar-refractivity contribution is 9.11. The average molecular weight is 416 g/mol. The number of hydrogen-bond donors (Lipinski definition) is 2. The third-order valence-corrected chi connectivity index (χ3v) is 4.39. The van der Waals surface area contributed by atoms with Crippen LogP contribution in [-0.2, 0) is 19.4 Å². The van der Waals surface area contributed by atoms with Gasteiger partial charge >= 0.3 is 0 Å². The Hall–Kier alpha value is -0.690. The molecule has 1 unspecified atom stereocenters. The van der Waals surface area contributed by atoms with E-state index in [1.807, 2.05) is 6.07 Å². The topological polar surface area (TPSA) is 55.9 Å². The van der Waals surface area contributed by atoms with Gasteiger partial charge in [0.15, 0.2) is 0 Å². The summed E-state index contributed by atoms with van der Waals surface area (Å²) in [6.07, 6.45) is 1.75. The quantitative estimate of drug-likeness (QED) is 0.558. The van der Waals surface area contributed by atoms with E-state index < -0.39 is 0 Å². The predicted molar refractivity (Wildman–Crippen MR) is 92.9 cm³/mol. The molecule has 114 valence electrons. The maximum Gasteiger partial charge on any atom is 0.0624 e. The van der Waals surface area contributed by atoms with Crippen molar-refractivity contribution < 1.29 is 0 Å². The minimum Gasteiger partial charge on any atom is -0.271 e. The molecule has 6 heteroatoms. The smallest absolute Gasteiger partial charge is 0.0624 e. The van der Waals surface area contributed by atoms with Crippen molar-refractivity contribution >= 4 is 31.9 Å². The predicted octanol–water partition coefficient (Wildman–Crippen LogP) is 3.74. The Morgan fingerprint density at radius 3 is 2.38 bits per heavy atom. The second-order valence-corrected chi connectivity index (χ2v) is 6.75. The Balaban J connectivity index is 2.28. The van der Waals surface area contributed by atoms with Crippen molar-refractivity contribution in [2.75, 3.05) is 0 Å². The summed E-state index contributed by atoms with van der Waals surface area (Å²) in [5.74, 6) is 5.77. The standard InChI is InChI=1S/C15H20Br2N4/c1-3-13-8-14(21(4-2)20-13)9-15(19-18)10-5-11(16)7-12(17)6-10/h5-8,15,19H,3-4,9,18H2,1-2H3. The van der Waals surface area contributed by atoms with Crippen molar-refractivity contribution in [2.45, 2.75) is 39.3 Å². The molecule has 1 aromatic heterocycles. The van der Waals surface area contributed by atoms with Crippen molar-refractivity contribution in [3.05, 3.63) is 50.2 Å². The number of nitrogens with one attached hydrogen (secondary N) is 1. The first kappa shape index (κ1) is 16.7. The lowest BCUT2D eigenvalue weighted by molar-refractivity contribution is 0.516. The number of benzene rings is 1. The highest BCUT2D eigenvalue weighted by Crippen LogP contribution is 2.26. The first-order valence-electron chi connectivity index (χ1n) is 7.05. The normalized spacial score (nSPS) is 12.6. The largest absolute Gasteiger partial charge is 0.271 e. The van der Waals surface area contributed by atoms with Gasteiger partial charge in [-0.15, -0.1) is 0 Å². The zero-order chi connectivity index (χ0) is 15.4. The molecule has 0 bridgehead atoms. The molecule has 21 heavy (non-hydrogen) atoms. The number of hydrazine groups is 1. The average Bonchev–Trinajstić information content (AvgIpc) is 2.85. The van der Waals surface area contributed by atoms with Gasteiger partial charge in [-0.25, -0.2) is 0 Å². The molecule has 1 aromatic carbocycles. The summed E-state index contributed by atoms with van der Waals surface area (Å²) < 4.78 is 4.12. The van der Waals surface area contributed by atoms with E-state index in [0.29, 0.717) is 0 Å². The van der Waals surface area contributed by atoms with Crippen molar-refractivity contribution in [3.63, 3.8) is 0 Å². The van der Waals surface area contributed by atoms with Gasteiger partial charge in [-0.2, -0.15) is 5.10 Å². The van der Waals surface area contributed by atoms with Gasteiger partial charge in [0.2, 0.25) is 0 Å². The zero-order valence-electron chi connectivity index (χ0n) is 12.2. The van der Waals surface area contributed by atoms with Gasteiger partial charge < -0.3 is 0 Å². The van der Waals surface area contributed by atoms with E-state index in [1.54, 1.807) is 0 Å². The van der Waals surface area contributed by atoms with Crippen molar-refractivity contribution in [3.8, 4) is 0 Å². The number of rotatable bonds is 6. The number of halogens is 2. The zero-order valence-corrected chi connectivity index (χ0v) is 15.4. The van der Waals surface area contributed by atoms with Crippen LogP contribution < -0.4 is 11.3 Å². The molecule has 2 aromatic rings. The summed E-state index contributed by atoms with van der Waals surface area (Å²) in [5, 5.41) is 4.59. The first-order valence-corrected chi connectivity index (χ1v) is 8.63. The molecule has 0 aliphatic rings. The van der Waals surface area contributed by atoms with Crippen LogP contribution in [0.5, 0.6) is 0 Å². The molecule has 0 aliphatic carbocycles. The molecule has 0 radical (unpaired) electrons. The third kappa shape index (κ3) is 4.16. The number of hydrogen-bond acceptors (Lipinski definition) is 3. The van der Waals surface area contributed by atoms with E-state index in [0.717, 1.165) is 39.6 Å². The van der Waals surface area contributed by atoms with Crippen LogP contribution in [0.15, 0.2) is 33.2 Å². The Bertz CT molecular complexity index is 589. The number of aryl methyl sites for hydroxylation is 2. The monoisotopic (exact) mass is 414 g/mol. The van der Waals surface area contributed by atoms with E-state index in [2.05, 4.69) is 79.1 Å². The van der Waals surface area contributed by atoms with Crippen LogP contribution in [0.3, 0.4) is 0 Å². The number of nitrogens with zero attached hydrogens (tertiary/aromatic N) is 2. The second kappa shape index (κ2) is 7.54. The Morgan fingerprint density at radius 1 is 1.19 bits per heavy atom. The molecule has 1 heterocycles. The van der Waals surface area contributed by atoms with Crippen LogP contribution >= 0.6 is 31.9 Å². The second-order valence-electron chi connectivity index (χ2n) is 4.92. The van der Waals surface area contributed by atoms with Gasteiger partial charge in [0.25, 0.3) is 0 Å². The molecule has 0 spiro atoms.